The zero-order valence-electron chi connectivity index (χ0n) is 24.8. The number of carbonyl (C=O) groups excluding carboxylic acids is 4. The second kappa shape index (κ2) is 11.3. The average molecular weight is 605 g/mol. The van der Waals surface area contributed by atoms with Crippen molar-refractivity contribution in [1.82, 2.24) is 24.9 Å². The summed E-state index contributed by atoms with van der Waals surface area (Å²) in [5.41, 5.74) is 3.31. The summed E-state index contributed by atoms with van der Waals surface area (Å²) < 4.78 is 0. The van der Waals surface area contributed by atoms with E-state index in [4.69, 9.17) is 11.6 Å². The van der Waals surface area contributed by atoms with Gasteiger partial charge in [0.2, 0.25) is 11.8 Å². The number of aromatic nitrogens is 2. The largest absolute Gasteiger partial charge is 0.343 e. The Morgan fingerprint density at radius 3 is 2.49 bits per heavy atom. The third kappa shape index (κ3) is 5.72. The molecule has 3 aliphatic rings. The number of aromatic amines is 1. The molecule has 0 unspecified atom stereocenters. The number of halogens is 1. The summed E-state index contributed by atoms with van der Waals surface area (Å²) in [5, 5.41) is 8.61. The van der Waals surface area contributed by atoms with Crippen molar-refractivity contribution in [3.8, 4) is 0 Å². The minimum absolute atomic E-state index is 0.0213. The standard InChI is InChI=1S/C32H37ClN6O4/c1-32(2,3)19-37-17-25-20(14-26(33)29-24(25)16-34-35-29)13-21(30(37)42)15-27(40)36-11-9-23(10-12-36)39-28(41)18-38(31(39)43)22-7-5-4-6-8-22/h4-8,14,16,21,23H,9-13,15,17-19H2,1-3H3,(H,34,35)/t21-/m0/s1. The molecule has 11 heteroatoms. The Kier molecular flexibility index (Phi) is 7.66. The van der Waals surface area contributed by atoms with E-state index in [0.717, 1.165) is 22.0 Å². The summed E-state index contributed by atoms with van der Waals surface area (Å²) >= 11 is 6.58. The number of anilines is 1. The van der Waals surface area contributed by atoms with Crippen molar-refractivity contribution in [2.24, 2.45) is 11.3 Å². The van der Waals surface area contributed by atoms with Gasteiger partial charge in [-0.1, -0.05) is 50.6 Å². The van der Waals surface area contributed by atoms with Crippen LogP contribution in [-0.4, -0.2) is 80.9 Å². The van der Waals surface area contributed by atoms with E-state index in [1.807, 2.05) is 41.3 Å². The molecule has 4 heterocycles. The van der Waals surface area contributed by atoms with Crippen LogP contribution in [0.3, 0.4) is 0 Å². The topological polar surface area (TPSA) is 110 Å². The third-order valence-electron chi connectivity index (χ3n) is 8.70. The average Bonchev–Trinajstić information content (AvgIpc) is 3.55. The lowest BCUT2D eigenvalue weighted by Crippen LogP contribution is -2.50. The van der Waals surface area contributed by atoms with Gasteiger partial charge in [-0.15, -0.1) is 0 Å². The van der Waals surface area contributed by atoms with Crippen LogP contribution in [0, 0.1) is 11.3 Å². The minimum atomic E-state index is -0.518. The maximum atomic E-state index is 13.9. The van der Waals surface area contributed by atoms with Crippen molar-refractivity contribution in [1.29, 1.82) is 0 Å². The molecule has 0 aliphatic carbocycles. The van der Waals surface area contributed by atoms with Crippen molar-refractivity contribution >= 4 is 51.9 Å². The lowest BCUT2D eigenvalue weighted by Gasteiger charge is -2.36. The highest BCUT2D eigenvalue weighted by atomic mass is 35.5. The number of likely N-dealkylation sites (tertiary alicyclic amines) is 1. The predicted molar refractivity (Wildman–Crippen MR) is 163 cm³/mol. The first kappa shape index (κ1) is 29.2. The van der Waals surface area contributed by atoms with E-state index < -0.39 is 5.92 Å². The maximum absolute atomic E-state index is 13.9. The number of hydrogen-bond donors (Lipinski definition) is 1. The van der Waals surface area contributed by atoms with E-state index in [1.54, 1.807) is 11.1 Å². The van der Waals surface area contributed by atoms with E-state index >= 15 is 0 Å². The van der Waals surface area contributed by atoms with Crippen molar-refractivity contribution < 1.29 is 19.2 Å². The molecular weight excluding hydrogens is 568 g/mol. The molecule has 0 spiro atoms. The fourth-order valence-electron chi connectivity index (χ4n) is 6.70. The van der Waals surface area contributed by atoms with E-state index in [9.17, 15) is 19.2 Å². The molecule has 2 fully saturated rings. The number of fused-ring (bicyclic) bond motifs is 3. The zero-order valence-corrected chi connectivity index (χ0v) is 25.6. The predicted octanol–water partition coefficient (Wildman–Crippen LogP) is 4.61. The van der Waals surface area contributed by atoms with Crippen LogP contribution < -0.4 is 4.90 Å². The molecular formula is C32H37ClN6O4. The maximum Gasteiger partial charge on any atom is 0.331 e. The van der Waals surface area contributed by atoms with Gasteiger partial charge in [-0.25, -0.2) is 4.79 Å². The molecule has 5 amide bonds. The van der Waals surface area contributed by atoms with Crippen LogP contribution in [0.15, 0.2) is 42.6 Å². The van der Waals surface area contributed by atoms with Crippen LogP contribution in [0.4, 0.5) is 10.5 Å². The van der Waals surface area contributed by atoms with Crippen LogP contribution >= 0.6 is 11.6 Å². The number of H-pyrrole nitrogens is 1. The van der Waals surface area contributed by atoms with E-state index in [2.05, 4.69) is 31.0 Å². The molecule has 2 saturated heterocycles. The van der Waals surface area contributed by atoms with Gasteiger partial charge >= 0.3 is 6.03 Å². The zero-order chi connectivity index (χ0) is 30.5. The molecule has 43 heavy (non-hydrogen) atoms. The van der Waals surface area contributed by atoms with Gasteiger partial charge in [0.05, 0.1) is 22.7 Å². The molecule has 0 saturated carbocycles. The Morgan fingerprint density at radius 2 is 1.79 bits per heavy atom. The number of imide groups is 1. The van der Waals surface area contributed by atoms with E-state index in [-0.39, 0.29) is 48.2 Å². The molecule has 226 valence electrons. The number of urea groups is 1. The van der Waals surface area contributed by atoms with Gasteiger partial charge in [-0.3, -0.25) is 29.3 Å². The van der Waals surface area contributed by atoms with Crippen molar-refractivity contribution in [2.45, 2.75) is 59.0 Å². The number of piperidine rings is 1. The van der Waals surface area contributed by atoms with E-state index in [1.165, 1.54) is 9.80 Å². The highest BCUT2D eigenvalue weighted by Gasteiger charge is 2.43. The van der Waals surface area contributed by atoms with Crippen molar-refractivity contribution in [2.75, 3.05) is 31.1 Å². The van der Waals surface area contributed by atoms with Gasteiger partial charge in [0.15, 0.2) is 0 Å². The number of carbonyl (C=O) groups is 4. The Balaban J connectivity index is 1.15. The van der Waals surface area contributed by atoms with Crippen molar-refractivity contribution in [3.63, 3.8) is 0 Å². The van der Waals surface area contributed by atoms with Crippen LogP contribution in [-0.2, 0) is 27.3 Å². The molecule has 1 atom stereocenters. The number of para-hydroxylation sites is 1. The third-order valence-corrected chi connectivity index (χ3v) is 9.00. The summed E-state index contributed by atoms with van der Waals surface area (Å²) in [5.74, 6) is -0.853. The molecule has 0 radical (unpaired) electrons. The van der Waals surface area contributed by atoms with Gasteiger partial charge in [0, 0.05) is 49.7 Å². The molecule has 0 bridgehead atoms. The Hall–Kier alpha value is -3.92. The number of nitrogens with zero attached hydrogens (tertiary/aromatic N) is 5. The first-order valence-corrected chi connectivity index (χ1v) is 15.3. The first-order chi connectivity index (χ1) is 20.5. The molecule has 10 nitrogen and oxygen atoms in total. The fraction of sp³-hybridized carbons (Fsp3) is 0.469. The summed E-state index contributed by atoms with van der Waals surface area (Å²) in [6, 6.07) is 10.5. The van der Waals surface area contributed by atoms with Crippen LogP contribution in [0.5, 0.6) is 0 Å². The summed E-state index contributed by atoms with van der Waals surface area (Å²) in [4.78, 5) is 60.1. The SMILES string of the molecule is CC(C)(C)CN1Cc2c(cc(Cl)c3[nH]ncc23)C[C@@H](CC(=O)N2CCC(N3C(=O)CN(c4ccccc4)C3=O)CC2)C1=O. The van der Waals surface area contributed by atoms with Gasteiger partial charge in [0.25, 0.3) is 5.91 Å². The minimum Gasteiger partial charge on any atom is -0.343 e. The number of benzene rings is 2. The lowest BCUT2D eigenvalue weighted by atomic mass is 9.91. The molecule has 3 aliphatic heterocycles. The van der Waals surface area contributed by atoms with Crippen LogP contribution in [0.25, 0.3) is 10.9 Å². The number of amides is 5. The fourth-order valence-corrected chi connectivity index (χ4v) is 6.97. The molecule has 1 N–H and O–H groups in total. The quantitative estimate of drug-likeness (QED) is 0.428. The molecule has 3 aromatic rings. The Bertz CT molecular complexity index is 1570. The van der Waals surface area contributed by atoms with Gasteiger partial charge in [-0.05, 0) is 54.0 Å². The van der Waals surface area contributed by atoms with Crippen LogP contribution in [0.1, 0.15) is 51.2 Å². The second-order valence-electron chi connectivity index (χ2n) is 13.1. The molecule has 2 aromatic carbocycles. The highest BCUT2D eigenvalue weighted by Crippen LogP contribution is 2.35. The summed E-state index contributed by atoms with van der Waals surface area (Å²) in [7, 11) is 0. The normalized spacial score (nSPS) is 20.3. The van der Waals surface area contributed by atoms with Gasteiger partial charge < -0.3 is 9.80 Å². The summed E-state index contributed by atoms with van der Waals surface area (Å²) in [6.07, 6.45) is 3.29. The molecule has 1 aromatic heterocycles. The Morgan fingerprint density at radius 1 is 1.07 bits per heavy atom. The first-order valence-electron chi connectivity index (χ1n) is 14.9. The Labute approximate surface area is 255 Å². The van der Waals surface area contributed by atoms with E-state index in [0.29, 0.717) is 56.2 Å². The second-order valence-corrected chi connectivity index (χ2v) is 13.5. The number of rotatable bonds is 5. The monoisotopic (exact) mass is 604 g/mol. The van der Waals surface area contributed by atoms with Crippen molar-refractivity contribution in [3.05, 3.63) is 58.7 Å². The van der Waals surface area contributed by atoms with Crippen LogP contribution in [0.2, 0.25) is 5.02 Å². The number of nitrogens with one attached hydrogen (secondary N) is 1. The van der Waals surface area contributed by atoms with Gasteiger partial charge in [0.1, 0.15) is 6.54 Å². The highest BCUT2D eigenvalue weighted by molar-refractivity contribution is 6.35. The summed E-state index contributed by atoms with van der Waals surface area (Å²) in [6.45, 7) is 8.16. The molecule has 6 rings (SSSR count). The lowest BCUT2D eigenvalue weighted by molar-refractivity contribution is -0.143. The van der Waals surface area contributed by atoms with Gasteiger partial charge in [-0.2, -0.15) is 5.10 Å². The smallest absolute Gasteiger partial charge is 0.331 e. The number of hydrogen-bond acceptors (Lipinski definition) is 5.